The minimum atomic E-state index is -4.55. The summed E-state index contributed by atoms with van der Waals surface area (Å²) in [7, 11) is 0. The van der Waals surface area contributed by atoms with E-state index in [1.165, 1.54) is 0 Å². The van der Waals surface area contributed by atoms with Gasteiger partial charge in [-0.1, -0.05) is 13.8 Å². The molecule has 0 saturated carbocycles. The number of nitrogens with one attached hydrogen (secondary N) is 1. The van der Waals surface area contributed by atoms with Gasteiger partial charge in [-0.25, -0.2) is 0 Å². The van der Waals surface area contributed by atoms with Crippen molar-refractivity contribution in [3.05, 3.63) is 0 Å². The average Bonchev–Trinajstić information content (AvgIpc) is 2.62. The molecule has 1 fully saturated rings. The topological polar surface area (TPSA) is 38.3 Å². The van der Waals surface area contributed by atoms with Gasteiger partial charge >= 0.3 is 12.1 Å². The average molecular weight is 239 g/mol. The highest BCUT2D eigenvalue weighted by Gasteiger charge is 2.62. The van der Waals surface area contributed by atoms with Crippen LogP contribution < -0.4 is 5.32 Å². The van der Waals surface area contributed by atoms with Crippen LogP contribution in [0.15, 0.2) is 0 Å². The Hall–Kier alpha value is -0.780. The van der Waals surface area contributed by atoms with E-state index in [4.69, 9.17) is 4.74 Å². The second-order valence-electron chi connectivity index (χ2n) is 4.50. The van der Waals surface area contributed by atoms with Gasteiger partial charge in [-0.05, 0) is 18.9 Å². The first-order valence-corrected chi connectivity index (χ1v) is 5.24. The summed E-state index contributed by atoms with van der Waals surface area (Å²) in [5.74, 6) is -1.12. The summed E-state index contributed by atoms with van der Waals surface area (Å²) in [4.78, 5) is 11.5. The predicted octanol–water partition coefficient (Wildman–Crippen LogP) is 1.73. The van der Waals surface area contributed by atoms with Crippen LogP contribution in [0.5, 0.6) is 0 Å². The van der Waals surface area contributed by atoms with Gasteiger partial charge in [-0.3, -0.25) is 4.79 Å². The molecule has 0 aromatic rings. The molecule has 0 aromatic heterocycles. The molecular weight excluding hydrogens is 223 g/mol. The molecule has 1 N–H and O–H groups in total. The largest absolute Gasteiger partial charge is 0.465 e. The standard InChI is InChI=1S/C10H16F3NO2/c1-7(2)5-16-8(15)9(10(11,12)13)3-4-14-6-9/h7,14H,3-6H2,1-2H3. The lowest BCUT2D eigenvalue weighted by Gasteiger charge is -2.28. The molecule has 0 radical (unpaired) electrons. The highest BCUT2D eigenvalue weighted by Crippen LogP contribution is 2.43. The van der Waals surface area contributed by atoms with Gasteiger partial charge in [0, 0.05) is 6.54 Å². The number of ether oxygens (including phenoxy) is 1. The number of carbonyl (C=O) groups excluding carboxylic acids is 1. The SMILES string of the molecule is CC(C)COC(=O)C1(C(F)(F)F)CCNC1. The fraction of sp³-hybridized carbons (Fsp3) is 0.900. The van der Waals surface area contributed by atoms with Crippen LogP contribution in [-0.2, 0) is 9.53 Å². The number of hydrogen-bond acceptors (Lipinski definition) is 3. The summed E-state index contributed by atoms with van der Waals surface area (Å²) in [6.45, 7) is 3.39. The number of hydrogen-bond donors (Lipinski definition) is 1. The van der Waals surface area contributed by atoms with E-state index in [1.54, 1.807) is 13.8 Å². The molecule has 1 atom stereocenters. The fourth-order valence-corrected chi connectivity index (χ4v) is 1.60. The monoisotopic (exact) mass is 239 g/mol. The molecule has 3 nitrogen and oxygen atoms in total. The second kappa shape index (κ2) is 4.61. The molecule has 1 rings (SSSR count). The normalized spacial score (nSPS) is 26.1. The van der Waals surface area contributed by atoms with Gasteiger partial charge in [0.1, 0.15) is 0 Å². The van der Waals surface area contributed by atoms with E-state index >= 15 is 0 Å². The number of halogens is 3. The molecular formula is C10H16F3NO2. The second-order valence-corrected chi connectivity index (χ2v) is 4.50. The van der Waals surface area contributed by atoms with Crippen molar-refractivity contribution in [2.24, 2.45) is 11.3 Å². The summed E-state index contributed by atoms with van der Waals surface area (Å²) in [5.41, 5.74) is -2.35. The molecule has 1 aliphatic heterocycles. The highest BCUT2D eigenvalue weighted by molar-refractivity contribution is 5.78. The number of rotatable bonds is 3. The molecule has 1 unspecified atom stereocenters. The third-order valence-corrected chi connectivity index (χ3v) is 2.64. The number of esters is 1. The maximum atomic E-state index is 12.8. The van der Waals surface area contributed by atoms with Crippen molar-refractivity contribution < 1.29 is 22.7 Å². The van der Waals surface area contributed by atoms with Crippen molar-refractivity contribution in [2.45, 2.75) is 26.4 Å². The molecule has 1 saturated heterocycles. The van der Waals surface area contributed by atoms with E-state index in [2.05, 4.69) is 5.32 Å². The minimum absolute atomic E-state index is 0.0245. The van der Waals surface area contributed by atoms with Crippen LogP contribution in [0.2, 0.25) is 0 Å². The van der Waals surface area contributed by atoms with Crippen LogP contribution in [0.3, 0.4) is 0 Å². The van der Waals surface area contributed by atoms with Gasteiger partial charge in [0.05, 0.1) is 6.61 Å². The van der Waals surface area contributed by atoms with E-state index < -0.39 is 17.6 Å². The Bertz CT molecular complexity index is 257. The van der Waals surface area contributed by atoms with Crippen LogP contribution in [0.4, 0.5) is 13.2 Å². The number of alkyl halides is 3. The van der Waals surface area contributed by atoms with E-state index in [-0.39, 0.29) is 32.0 Å². The Morgan fingerprint density at radius 3 is 2.50 bits per heavy atom. The van der Waals surface area contributed by atoms with Crippen molar-refractivity contribution in [3.63, 3.8) is 0 Å². The highest BCUT2D eigenvalue weighted by atomic mass is 19.4. The van der Waals surface area contributed by atoms with Gasteiger partial charge in [0.2, 0.25) is 0 Å². The zero-order valence-corrected chi connectivity index (χ0v) is 9.36. The fourth-order valence-electron chi connectivity index (χ4n) is 1.60. The van der Waals surface area contributed by atoms with Crippen LogP contribution in [0.25, 0.3) is 0 Å². The quantitative estimate of drug-likeness (QED) is 0.762. The van der Waals surface area contributed by atoms with Gasteiger partial charge in [-0.15, -0.1) is 0 Å². The minimum Gasteiger partial charge on any atom is -0.465 e. The smallest absolute Gasteiger partial charge is 0.406 e. The van der Waals surface area contributed by atoms with Gasteiger partial charge in [0.15, 0.2) is 5.41 Å². The third-order valence-electron chi connectivity index (χ3n) is 2.64. The van der Waals surface area contributed by atoms with E-state index in [9.17, 15) is 18.0 Å². The van der Waals surface area contributed by atoms with Crippen LogP contribution in [0, 0.1) is 11.3 Å². The zero-order chi connectivity index (χ0) is 12.4. The molecule has 0 spiro atoms. The Balaban J connectivity index is 2.74. The molecule has 0 aliphatic carbocycles. The van der Waals surface area contributed by atoms with Crippen molar-refractivity contribution in [3.8, 4) is 0 Å². The van der Waals surface area contributed by atoms with Gasteiger partial charge in [0.25, 0.3) is 0 Å². The first kappa shape index (κ1) is 13.3. The van der Waals surface area contributed by atoms with Crippen molar-refractivity contribution >= 4 is 5.97 Å². The number of carbonyl (C=O) groups is 1. The van der Waals surface area contributed by atoms with Gasteiger partial charge in [-0.2, -0.15) is 13.2 Å². The van der Waals surface area contributed by atoms with Crippen molar-refractivity contribution in [1.82, 2.24) is 5.32 Å². The van der Waals surface area contributed by atoms with Crippen molar-refractivity contribution in [1.29, 1.82) is 0 Å². The lowest BCUT2D eigenvalue weighted by Crippen LogP contribution is -2.48. The molecule has 1 aliphatic rings. The maximum Gasteiger partial charge on any atom is 0.406 e. The van der Waals surface area contributed by atoms with Crippen LogP contribution in [0.1, 0.15) is 20.3 Å². The Morgan fingerprint density at radius 1 is 1.50 bits per heavy atom. The molecule has 0 amide bonds. The first-order chi connectivity index (χ1) is 7.29. The Morgan fingerprint density at radius 2 is 2.12 bits per heavy atom. The first-order valence-electron chi connectivity index (χ1n) is 5.24. The molecule has 1 heterocycles. The molecule has 0 aromatic carbocycles. The summed E-state index contributed by atoms with van der Waals surface area (Å²) in [6, 6.07) is 0. The van der Waals surface area contributed by atoms with Crippen molar-refractivity contribution in [2.75, 3.05) is 19.7 Å². The molecule has 94 valence electrons. The third kappa shape index (κ3) is 2.48. The summed E-state index contributed by atoms with van der Waals surface area (Å²) in [5, 5.41) is 2.57. The van der Waals surface area contributed by atoms with E-state index in [0.29, 0.717) is 0 Å². The maximum absolute atomic E-state index is 12.8. The van der Waals surface area contributed by atoms with Crippen LogP contribution >= 0.6 is 0 Å². The Kier molecular flexibility index (Phi) is 3.83. The summed E-state index contributed by atoms with van der Waals surface area (Å²) < 4.78 is 43.3. The molecule has 6 heteroatoms. The van der Waals surface area contributed by atoms with Crippen LogP contribution in [-0.4, -0.2) is 31.8 Å². The summed E-state index contributed by atoms with van der Waals surface area (Å²) in [6.07, 6.45) is -4.79. The lowest BCUT2D eigenvalue weighted by atomic mass is 9.86. The zero-order valence-electron chi connectivity index (χ0n) is 9.36. The molecule has 0 bridgehead atoms. The van der Waals surface area contributed by atoms with Gasteiger partial charge < -0.3 is 10.1 Å². The lowest BCUT2D eigenvalue weighted by molar-refractivity contribution is -0.229. The molecule has 16 heavy (non-hydrogen) atoms. The predicted molar refractivity (Wildman–Crippen MR) is 51.8 cm³/mol. The van der Waals surface area contributed by atoms with E-state index in [1.807, 2.05) is 0 Å². The van der Waals surface area contributed by atoms with E-state index in [0.717, 1.165) is 0 Å². The Labute approximate surface area is 92.3 Å². The summed E-state index contributed by atoms with van der Waals surface area (Å²) >= 11 is 0.